The molecule has 1 atom stereocenters. The van der Waals surface area contributed by atoms with Crippen molar-refractivity contribution in [1.29, 1.82) is 0 Å². The van der Waals surface area contributed by atoms with E-state index in [-0.39, 0.29) is 0 Å². The van der Waals surface area contributed by atoms with Gasteiger partial charge in [-0.1, -0.05) is 0 Å². The lowest BCUT2D eigenvalue weighted by atomic mass is 10.5. The molecule has 1 aliphatic rings. The molecule has 0 spiro atoms. The van der Waals surface area contributed by atoms with Crippen LogP contribution in [0.2, 0.25) is 6.04 Å². The molecule has 0 radical (unpaired) electrons. The monoisotopic (exact) mass is 279 g/mol. The maximum atomic E-state index is 5.74. The Hall–Kier alpha value is -0.0231. The van der Waals surface area contributed by atoms with Gasteiger partial charge in [-0.2, -0.15) is 0 Å². The van der Waals surface area contributed by atoms with Gasteiger partial charge in [-0.15, -0.1) is 0 Å². The van der Waals surface area contributed by atoms with Crippen LogP contribution in [0.3, 0.4) is 0 Å². The van der Waals surface area contributed by atoms with E-state index in [1.807, 2.05) is 0 Å². The number of hydrogen-bond donors (Lipinski definition) is 1. The molecule has 1 unspecified atom stereocenters. The summed E-state index contributed by atoms with van der Waals surface area (Å²) in [7, 11) is 0.763. The minimum Gasteiger partial charge on any atom is -0.379 e. The van der Waals surface area contributed by atoms with Crippen molar-refractivity contribution in [1.82, 2.24) is 0 Å². The zero-order valence-electron chi connectivity index (χ0n) is 11.4. The van der Waals surface area contributed by atoms with Gasteiger partial charge in [-0.25, -0.2) is 0 Å². The summed E-state index contributed by atoms with van der Waals surface area (Å²) in [6.07, 6.45) is 2.00. The summed E-state index contributed by atoms with van der Waals surface area (Å²) in [6, 6.07) is 0.760. The van der Waals surface area contributed by atoms with Gasteiger partial charge in [0.05, 0.1) is 13.2 Å². The third kappa shape index (κ3) is 6.23. The second kappa shape index (κ2) is 8.97. The SMILES string of the molecule is CO[Si](CCCOCC1CO1)(OC)OCCCN. The summed E-state index contributed by atoms with van der Waals surface area (Å²) in [6.45, 7) is 3.39. The third-order valence-corrected chi connectivity index (χ3v) is 5.62. The quantitative estimate of drug-likeness (QED) is 0.316. The van der Waals surface area contributed by atoms with Crippen LogP contribution in [0.4, 0.5) is 0 Å². The fourth-order valence-corrected chi connectivity index (χ4v) is 3.55. The predicted molar refractivity (Wildman–Crippen MR) is 69.4 cm³/mol. The van der Waals surface area contributed by atoms with E-state index < -0.39 is 8.80 Å². The van der Waals surface area contributed by atoms with E-state index in [1.165, 1.54) is 0 Å². The van der Waals surface area contributed by atoms with Gasteiger partial charge in [0.1, 0.15) is 6.10 Å². The Bertz CT molecular complexity index is 212. The Morgan fingerprint density at radius 2 is 1.94 bits per heavy atom. The van der Waals surface area contributed by atoms with Crippen LogP contribution in [0.25, 0.3) is 0 Å². The molecule has 0 aromatic carbocycles. The molecule has 108 valence electrons. The summed E-state index contributed by atoms with van der Waals surface area (Å²) in [4.78, 5) is 0. The average molecular weight is 279 g/mol. The smallest absolute Gasteiger partial charge is 0.379 e. The summed E-state index contributed by atoms with van der Waals surface area (Å²) in [5.41, 5.74) is 5.44. The number of hydrogen-bond acceptors (Lipinski definition) is 6. The summed E-state index contributed by atoms with van der Waals surface area (Å²) < 4.78 is 27.2. The van der Waals surface area contributed by atoms with Crippen LogP contribution in [-0.4, -0.2) is 62.1 Å². The van der Waals surface area contributed by atoms with Crippen molar-refractivity contribution in [2.45, 2.75) is 25.0 Å². The van der Waals surface area contributed by atoms with Crippen LogP contribution in [0.15, 0.2) is 0 Å². The van der Waals surface area contributed by atoms with Gasteiger partial charge in [0, 0.05) is 33.5 Å². The standard InChI is InChI=1S/C11H25NO5Si/c1-13-18(14-2,17-7-3-5-12)8-4-6-15-9-11-10-16-11/h11H,3-10,12H2,1-2H3. The molecular weight excluding hydrogens is 254 g/mol. The van der Waals surface area contributed by atoms with Crippen molar-refractivity contribution in [2.75, 3.05) is 47.2 Å². The molecular formula is C11H25NO5Si. The molecule has 6 nitrogen and oxygen atoms in total. The topological polar surface area (TPSA) is 75.5 Å². The minimum atomic E-state index is -2.51. The molecule has 0 aromatic heterocycles. The predicted octanol–water partition coefficient (Wildman–Crippen LogP) is 0.389. The first kappa shape index (κ1) is 16.0. The van der Waals surface area contributed by atoms with Crippen molar-refractivity contribution in [3.05, 3.63) is 0 Å². The van der Waals surface area contributed by atoms with Crippen LogP contribution in [0.1, 0.15) is 12.8 Å². The fourth-order valence-electron chi connectivity index (χ4n) is 1.56. The zero-order valence-corrected chi connectivity index (χ0v) is 12.4. The van der Waals surface area contributed by atoms with Crippen LogP contribution >= 0.6 is 0 Å². The van der Waals surface area contributed by atoms with Gasteiger partial charge in [-0.3, -0.25) is 0 Å². The number of epoxide rings is 1. The molecule has 0 saturated carbocycles. The van der Waals surface area contributed by atoms with Gasteiger partial charge >= 0.3 is 8.80 Å². The van der Waals surface area contributed by atoms with Crippen molar-refractivity contribution >= 4 is 8.80 Å². The highest BCUT2D eigenvalue weighted by Crippen LogP contribution is 2.17. The number of rotatable bonds is 12. The Kier molecular flexibility index (Phi) is 7.99. The third-order valence-electron chi connectivity index (χ3n) is 2.77. The summed E-state index contributed by atoms with van der Waals surface area (Å²) in [5, 5.41) is 0. The lowest BCUT2D eigenvalue weighted by Gasteiger charge is -2.26. The van der Waals surface area contributed by atoms with Crippen LogP contribution < -0.4 is 5.73 Å². The largest absolute Gasteiger partial charge is 0.500 e. The molecule has 0 aliphatic carbocycles. The van der Waals surface area contributed by atoms with Crippen LogP contribution in [0.5, 0.6) is 0 Å². The molecule has 2 N–H and O–H groups in total. The van der Waals surface area contributed by atoms with Crippen molar-refractivity contribution in [2.24, 2.45) is 5.73 Å². The molecule has 0 bridgehead atoms. The molecule has 1 aliphatic heterocycles. The molecule has 1 rings (SSSR count). The average Bonchev–Trinajstić information content (AvgIpc) is 3.21. The van der Waals surface area contributed by atoms with E-state index in [9.17, 15) is 0 Å². The van der Waals surface area contributed by atoms with Gasteiger partial charge in [0.15, 0.2) is 0 Å². The Morgan fingerprint density at radius 1 is 1.22 bits per heavy atom. The molecule has 1 fully saturated rings. The van der Waals surface area contributed by atoms with Crippen LogP contribution in [-0.2, 0) is 22.8 Å². The maximum Gasteiger partial charge on any atom is 0.500 e. The highest BCUT2D eigenvalue weighted by molar-refractivity contribution is 6.60. The van der Waals surface area contributed by atoms with Crippen molar-refractivity contribution in [3.63, 3.8) is 0 Å². The van der Waals surface area contributed by atoms with E-state index in [4.69, 9.17) is 28.5 Å². The number of nitrogens with two attached hydrogens (primary N) is 1. The summed E-state index contributed by atoms with van der Waals surface area (Å²) in [5.74, 6) is 0. The number of ether oxygens (including phenoxy) is 2. The normalized spacial score (nSPS) is 19.2. The zero-order chi connectivity index (χ0) is 13.3. The highest BCUT2D eigenvalue weighted by Gasteiger charge is 2.38. The Balaban J connectivity index is 2.13. The molecule has 18 heavy (non-hydrogen) atoms. The van der Waals surface area contributed by atoms with E-state index >= 15 is 0 Å². The fraction of sp³-hybridized carbons (Fsp3) is 1.00. The molecule has 0 aromatic rings. The van der Waals surface area contributed by atoms with Gasteiger partial charge in [-0.05, 0) is 19.4 Å². The Labute approximate surface area is 110 Å². The van der Waals surface area contributed by atoms with Gasteiger partial charge < -0.3 is 28.5 Å². The minimum absolute atomic E-state index is 0.317. The highest BCUT2D eigenvalue weighted by atomic mass is 28.4. The lowest BCUT2D eigenvalue weighted by Crippen LogP contribution is -2.44. The van der Waals surface area contributed by atoms with Crippen molar-refractivity contribution in [3.8, 4) is 0 Å². The van der Waals surface area contributed by atoms with E-state index in [0.717, 1.165) is 25.5 Å². The van der Waals surface area contributed by atoms with E-state index in [1.54, 1.807) is 14.2 Å². The molecule has 1 heterocycles. The van der Waals surface area contributed by atoms with Crippen molar-refractivity contribution < 1.29 is 22.8 Å². The molecule has 0 amide bonds. The van der Waals surface area contributed by atoms with Gasteiger partial charge in [0.25, 0.3) is 0 Å². The van der Waals surface area contributed by atoms with Gasteiger partial charge in [0.2, 0.25) is 0 Å². The Morgan fingerprint density at radius 3 is 2.50 bits per heavy atom. The molecule has 1 saturated heterocycles. The second-order valence-electron chi connectivity index (χ2n) is 4.22. The first-order chi connectivity index (χ1) is 8.76. The summed E-state index contributed by atoms with van der Waals surface area (Å²) >= 11 is 0. The van der Waals surface area contributed by atoms with E-state index in [0.29, 0.717) is 32.5 Å². The lowest BCUT2D eigenvalue weighted by molar-refractivity contribution is 0.0860. The first-order valence-electron chi connectivity index (χ1n) is 6.40. The maximum absolute atomic E-state index is 5.74. The van der Waals surface area contributed by atoms with E-state index in [2.05, 4.69) is 0 Å². The second-order valence-corrected chi connectivity index (χ2v) is 7.19. The molecule has 7 heteroatoms. The van der Waals surface area contributed by atoms with Crippen LogP contribution in [0, 0.1) is 0 Å². The first-order valence-corrected chi connectivity index (χ1v) is 8.33.